The van der Waals surface area contributed by atoms with E-state index in [4.69, 9.17) is 4.74 Å². The topological polar surface area (TPSA) is 90.3 Å². The summed E-state index contributed by atoms with van der Waals surface area (Å²) in [5.41, 5.74) is 2.69. The average molecular weight is 375 g/mol. The number of benzene rings is 1. The lowest BCUT2D eigenvalue weighted by Gasteiger charge is -2.26. The number of hydrogen-bond acceptors (Lipinski definition) is 5. The number of nitrogens with zero attached hydrogens (tertiary/aromatic N) is 2. The van der Waals surface area contributed by atoms with E-state index < -0.39 is 9.84 Å². The van der Waals surface area contributed by atoms with Crippen molar-refractivity contribution in [1.29, 1.82) is 0 Å². The Morgan fingerprint density at radius 3 is 2.77 bits per heavy atom. The largest absolute Gasteiger partial charge is 0.496 e. The molecule has 0 unspecified atom stereocenters. The van der Waals surface area contributed by atoms with Crippen LogP contribution in [0.3, 0.4) is 0 Å². The molecule has 0 spiro atoms. The molecule has 1 aromatic heterocycles. The Kier molecular flexibility index (Phi) is 4.02. The van der Waals surface area contributed by atoms with E-state index in [0.717, 1.165) is 22.6 Å². The second kappa shape index (κ2) is 6.12. The average Bonchev–Trinajstić information content (AvgIpc) is 3.13. The molecule has 0 saturated carbocycles. The number of sulfone groups is 1. The fraction of sp³-hybridized carbons (Fsp3) is 0.444. The molecule has 1 saturated heterocycles. The van der Waals surface area contributed by atoms with Gasteiger partial charge in [0.15, 0.2) is 9.84 Å². The van der Waals surface area contributed by atoms with Crippen molar-refractivity contribution in [3.63, 3.8) is 0 Å². The van der Waals surface area contributed by atoms with Gasteiger partial charge in [-0.2, -0.15) is 5.10 Å². The number of para-hydroxylation sites is 1. The number of ether oxygens (including phenoxy) is 1. The van der Waals surface area contributed by atoms with Gasteiger partial charge >= 0.3 is 0 Å². The van der Waals surface area contributed by atoms with Crippen LogP contribution in [-0.2, 0) is 14.6 Å². The summed E-state index contributed by atoms with van der Waals surface area (Å²) in [5.74, 6) is 1.31. The van der Waals surface area contributed by atoms with Gasteiger partial charge in [-0.1, -0.05) is 18.2 Å². The zero-order valence-corrected chi connectivity index (χ0v) is 15.5. The van der Waals surface area contributed by atoms with Gasteiger partial charge in [0.1, 0.15) is 11.6 Å². The lowest BCUT2D eigenvalue weighted by Crippen LogP contribution is -2.26. The summed E-state index contributed by atoms with van der Waals surface area (Å²) in [5, 5.41) is 7.52. The van der Waals surface area contributed by atoms with Gasteiger partial charge in [-0.3, -0.25) is 4.79 Å². The minimum Gasteiger partial charge on any atom is -0.496 e. The van der Waals surface area contributed by atoms with Crippen LogP contribution in [0.2, 0.25) is 0 Å². The third kappa shape index (κ3) is 2.78. The smallest absolute Gasteiger partial charge is 0.226 e. The highest BCUT2D eigenvalue weighted by Gasteiger charge is 2.37. The van der Waals surface area contributed by atoms with Crippen LogP contribution in [0, 0.1) is 6.92 Å². The van der Waals surface area contributed by atoms with Crippen molar-refractivity contribution in [3.05, 3.63) is 41.1 Å². The molecule has 1 aromatic carbocycles. The minimum atomic E-state index is -3.04. The number of nitrogens with one attached hydrogen (secondary N) is 1. The highest BCUT2D eigenvalue weighted by Crippen LogP contribution is 2.43. The summed E-state index contributed by atoms with van der Waals surface area (Å²) in [6.45, 7) is 1.90. The van der Waals surface area contributed by atoms with Gasteiger partial charge in [0.05, 0.1) is 30.4 Å². The third-order valence-corrected chi connectivity index (χ3v) is 6.95. The molecule has 2 atom stereocenters. The Morgan fingerprint density at radius 1 is 1.31 bits per heavy atom. The van der Waals surface area contributed by atoms with E-state index in [1.807, 2.05) is 31.2 Å². The van der Waals surface area contributed by atoms with Crippen molar-refractivity contribution >= 4 is 21.6 Å². The molecule has 1 fully saturated rings. The summed E-state index contributed by atoms with van der Waals surface area (Å²) in [7, 11) is -1.43. The maximum Gasteiger partial charge on any atom is 0.226 e. The Balaban J connectivity index is 1.83. The number of aryl methyl sites for hydroxylation is 1. The number of carbonyl (C=O) groups is 1. The number of aromatic nitrogens is 2. The summed E-state index contributed by atoms with van der Waals surface area (Å²) >= 11 is 0. The molecule has 2 aliphatic rings. The molecule has 7 nitrogen and oxygen atoms in total. The molecular formula is C18H21N3O4S. The van der Waals surface area contributed by atoms with E-state index >= 15 is 0 Å². The Labute approximate surface area is 152 Å². The van der Waals surface area contributed by atoms with E-state index in [0.29, 0.717) is 18.7 Å². The van der Waals surface area contributed by atoms with Crippen LogP contribution < -0.4 is 10.1 Å². The van der Waals surface area contributed by atoms with Gasteiger partial charge in [0.2, 0.25) is 5.91 Å². The van der Waals surface area contributed by atoms with Crippen LogP contribution >= 0.6 is 0 Å². The van der Waals surface area contributed by atoms with Gasteiger partial charge in [-0.25, -0.2) is 13.1 Å². The highest BCUT2D eigenvalue weighted by molar-refractivity contribution is 7.91. The fourth-order valence-corrected chi connectivity index (χ4v) is 5.72. The molecule has 0 aliphatic carbocycles. The third-order valence-electron chi connectivity index (χ3n) is 5.20. The molecule has 138 valence electrons. The van der Waals surface area contributed by atoms with E-state index in [-0.39, 0.29) is 29.4 Å². The fourth-order valence-electron chi connectivity index (χ4n) is 4.02. The highest BCUT2D eigenvalue weighted by atomic mass is 32.2. The molecule has 1 N–H and O–H groups in total. The summed E-state index contributed by atoms with van der Waals surface area (Å²) < 4.78 is 30.9. The molecule has 26 heavy (non-hydrogen) atoms. The second-order valence-corrected chi connectivity index (χ2v) is 9.12. The first-order valence-corrected chi connectivity index (χ1v) is 10.4. The maximum atomic E-state index is 12.4. The molecule has 3 heterocycles. The first-order valence-electron chi connectivity index (χ1n) is 8.62. The van der Waals surface area contributed by atoms with Crippen LogP contribution in [0.15, 0.2) is 24.3 Å². The lowest BCUT2D eigenvalue weighted by molar-refractivity contribution is -0.116. The first kappa shape index (κ1) is 17.1. The van der Waals surface area contributed by atoms with E-state index in [1.165, 1.54) is 0 Å². The number of hydrogen-bond donors (Lipinski definition) is 1. The van der Waals surface area contributed by atoms with E-state index in [2.05, 4.69) is 10.4 Å². The maximum absolute atomic E-state index is 12.4. The number of anilines is 1. The molecule has 0 radical (unpaired) electrons. The van der Waals surface area contributed by atoms with E-state index in [9.17, 15) is 13.2 Å². The van der Waals surface area contributed by atoms with Crippen molar-refractivity contribution in [2.45, 2.75) is 31.7 Å². The van der Waals surface area contributed by atoms with Crippen molar-refractivity contribution in [1.82, 2.24) is 9.78 Å². The van der Waals surface area contributed by atoms with E-state index in [1.54, 1.807) is 11.8 Å². The number of amides is 1. The van der Waals surface area contributed by atoms with Gasteiger partial charge in [-0.15, -0.1) is 0 Å². The zero-order chi connectivity index (χ0) is 18.5. The number of methoxy groups -OCH3 is 1. The Hall–Kier alpha value is -2.35. The normalized spacial score (nSPS) is 24.2. The molecule has 8 heteroatoms. The lowest BCUT2D eigenvalue weighted by atomic mass is 9.85. The zero-order valence-electron chi connectivity index (χ0n) is 14.7. The molecular weight excluding hydrogens is 354 g/mol. The SMILES string of the molecule is COc1ccccc1[C@H]1CC(=O)Nc2c1c(C)nn2[C@@H]1CCS(=O)(=O)C1. The minimum absolute atomic E-state index is 0.0652. The van der Waals surface area contributed by atoms with Gasteiger partial charge < -0.3 is 10.1 Å². The van der Waals surface area contributed by atoms with Gasteiger partial charge in [0, 0.05) is 23.5 Å². The predicted molar refractivity (Wildman–Crippen MR) is 97.4 cm³/mol. The standard InChI is InChI=1S/C18H21N3O4S/c1-11-17-14(13-5-3-4-6-15(13)25-2)9-16(22)19-18(17)21(20-11)12-7-8-26(23,24)10-12/h3-6,12,14H,7-10H2,1-2H3,(H,19,22)/t12-,14-/m1/s1. The molecule has 0 bridgehead atoms. The van der Waals surface area contributed by atoms with Crippen LogP contribution in [0.4, 0.5) is 5.82 Å². The number of carbonyl (C=O) groups excluding carboxylic acids is 1. The molecule has 2 aliphatic heterocycles. The second-order valence-electron chi connectivity index (χ2n) is 6.90. The van der Waals surface area contributed by atoms with Crippen LogP contribution in [0.5, 0.6) is 5.75 Å². The van der Waals surface area contributed by atoms with Crippen molar-refractivity contribution in [2.24, 2.45) is 0 Å². The molecule has 1 amide bonds. The summed E-state index contributed by atoms with van der Waals surface area (Å²) in [6.07, 6.45) is 0.827. The predicted octanol–water partition coefficient (Wildman–Crippen LogP) is 2.03. The number of rotatable bonds is 3. The Bertz CT molecular complexity index is 980. The monoisotopic (exact) mass is 375 g/mol. The van der Waals surface area contributed by atoms with Crippen LogP contribution in [-0.4, -0.2) is 42.7 Å². The van der Waals surface area contributed by atoms with Crippen molar-refractivity contribution in [2.75, 3.05) is 23.9 Å². The summed E-state index contributed by atoms with van der Waals surface area (Å²) in [6, 6.07) is 7.42. The number of fused-ring (bicyclic) bond motifs is 1. The van der Waals surface area contributed by atoms with Gasteiger partial charge in [-0.05, 0) is 19.4 Å². The van der Waals surface area contributed by atoms with Gasteiger partial charge in [0.25, 0.3) is 0 Å². The molecule has 4 rings (SSSR count). The first-order chi connectivity index (χ1) is 12.4. The van der Waals surface area contributed by atoms with Crippen LogP contribution in [0.1, 0.15) is 41.6 Å². The quantitative estimate of drug-likeness (QED) is 0.886. The van der Waals surface area contributed by atoms with Crippen LogP contribution in [0.25, 0.3) is 0 Å². The summed E-state index contributed by atoms with van der Waals surface area (Å²) in [4.78, 5) is 12.4. The van der Waals surface area contributed by atoms with Crippen molar-refractivity contribution < 1.29 is 17.9 Å². The molecule has 2 aromatic rings. The Morgan fingerprint density at radius 2 is 2.08 bits per heavy atom. The van der Waals surface area contributed by atoms with Crippen molar-refractivity contribution in [3.8, 4) is 5.75 Å².